The number of rotatable bonds is 4. The van der Waals surface area contributed by atoms with Gasteiger partial charge in [0.05, 0.1) is 20.2 Å². The molecule has 0 saturated carbocycles. The van der Waals surface area contributed by atoms with Crippen LogP contribution in [0.2, 0.25) is 0 Å². The predicted octanol–water partition coefficient (Wildman–Crippen LogP) is 0.284. The summed E-state index contributed by atoms with van der Waals surface area (Å²) in [6.45, 7) is 5.13. The predicted molar refractivity (Wildman–Crippen MR) is 74.1 cm³/mol. The molecule has 0 spiro atoms. The lowest BCUT2D eigenvalue weighted by molar-refractivity contribution is -0.919. The van der Waals surface area contributed by atoms with Gasteiger partial charge in [0, 0.05) is 24.3 Å². The first-order valence-corrected chi connectivity index (χ1v) is 6.86. The van der Waals surface area contributed by atoms with Gasteiger partial charge in [-0.3, -0.25) is 4.79 Å². The van der Waals surface area contributed by atoms with Crippen LogP contribution in [0.1, 0.15) is 24.0 Å². The first-order chi connectivity index (χ1) is 9.10. The first kappa shape index (κ1) is 13.9. The molecule has 0 aromatic heterocycles. The van der Waals surface area contributed by atoms with Gasteiger partial charge >= 0.3 is 0 Å². The Balaban J connectivity index is 1.92. The number of benzene rings is 1. The minimum absolute atomic E-state index is 0.0846. The van der Waals surface area contributed by atoms with Crippen LogP contribution in [0.25, 0.3) is 0 Å². The summed E-state index contributed by atoms with van der Waals surface area (Å²) in [6, 6.07) is 6.34. The highest BCUT2D eigenvalue weighted by molar-refractivity contribution is 5.76. The molecule has 0 atom stereocenters. The third kappa shape index (κ3) is 3.47. The quantitative estimate of drug-likeness (QED) is 0.820. The third-order valence-electron chi connectivity index (χ3n) is 4.01. The molecule has 0 unspecified atom stereocenters. The number of piperidine rings is 1. The van der Waals surface area contributed by atoms with Crippen LogP contribution >= 0.6 is 0 Å². The van der Waals surface area contributed by atoms with E-state index in [1.54, 1.807) is 7.11 Å². The molecule has 19 heavy (non-hydrogen) atoms. The number of carbonyl (C=O) groups excluding carboxylic acids is 1. The molecule has 1 aliphatic heterocycles. The van der Waals surface area contributed by atoms with E-state index >= 15 is 0 Å². The van der Waals surface area contributed by atoms with Gasteiger partial charge in [-0.25, -0.2) is 0 Å². The van der Waals surface area contributed by atoms with Crippen molar-refractivity contribution >= 4 is 5.91 Å². The van der Waals surface area contributed by atoms with Gasteiger partial charge in [0.1, 0.15) is 12.3 Å². The molecule has 104 valence electrons. The van der Waals surface area contributed by atoms with Crippen LogP contribution in [0.15, 0.2) is 18.2 Å². The van der Waals surface area contributed by atoms with E-state index in [0.717, 1.165) is 38.2 Å². The molecule has 1 fully saturated rings. The van der Waals surface area contributed by atoms with Crippen LogP contribution in [-0.2, 0) is 11.3 Å². The number of carbonyl (C=O) groups is 1. The molecular formula is C15H23N2O2+. The van der Waals surface area contributed by atoms with Gasteiger partial charge in [-0.15, -0.1) is 0 Å². The molecule has 1 aromatic carbocycles. The third-order valence-corrected chi connectivity index (χ3v) is 4.01. The summed E-state index contributed by atoms with van der Waals surface area (Å²) in [6.07, 6.45) is 1.83. The van der Waals surface area contributed by atoms with Gasteiger partial charge in [-0.2, -0.15) is 0 Å². The Morgan fingerprint density at radius 2 is 2.11 bits per heavy atom. The average Bonchev–Trinajstić information content (AvgIpc) is 2.39. The van der Waals surface area contributed by atoms with Crippen LogP contribution < -0.4 is 15.4 Å². The van der Waals surface area contributed by atoms with Crippen molar-refractivity contribution in [3.05, 3.63) is 29.3 Å². The van der Waals surface area contributed by atoms with E-state index in [2.05, 4.69) is 19.1 Å². The van der Waals surface area contributed by atoms with Crippen molar-refractivity contribution in [3.63, 3.8) is 0 Å². The van der Waals surface area contributed by atoms with Gasteiger partial charge < -0.3 is 15.4 Å². The zero-order valence-electron chi connectivity index (χ0n) is 11.7. The summed E-state index contributed by atoms with van der Waals surface area (Å²) in [4.78, 5) is 12.7. The zero-order valence-corrected chi connectivity index (χ0v) is 11.7. The Labute approximate surface area is 114 Å². The Bertz CT molecular complexity index is 451. The molecule has 0 bridgehead atoms. The second-order valence-electron chi connectivity index (χ2n) is 5.41. The number of methoxy groups -OCH3 is 1. The van der Waals surface area contributed by atoms with Crippen molar-refractivity contribution < 1.29 is 14.4 Å². The van der Waals surface area contributed by atoms with Crippen LogP contribution in [0.5, 0.6) is 5.75 Å². The Morgan fingerprint density at radius 1 is 1.42 bits per heavy atom. The van der Waals surface area contributed by atoms with E-state index in [-0.39, 0.29) is 11.8 Å². The topological polar surface area (TPSA) is 56.8 Å². The number of ether oxygens (including phenoxy) is 1. The highest BCUT2D eigenvalue weighted by atomic mass is 16.5. The van der Waals surface area contributed by atoms with Gasteiger partial charge in [-0.05, 0) is 30.7 Å². The number of aryl methyl sites for hydroxylation is 1. The lowest BCUT2D eigenvalue weighted by atomic mass is 9.96. The first-order valence-electron chi connectivity index (χ1n) is 6.86. The van der Waals surface area contributed by atoms with Crippen molar-refractivity contribution in [1.82, 2.24) is 0 Å². The Hall–Kier alpha value is -1.55. The van der Waals surface area contributed by atoms with Crippen LogP contribution in [0, 0.1) is 12.8 Å². The van der Waals surface area contributed by atoms with E-state index < -0.39 is 0 Å². The van der Waals surface area contributed by atoms with E-state index in [1.165, 1.54) is 16.0 Å². The van der Waals surface area contributed by atoms with E-state index in [9.17, 15) is 4.79 Å². The monoisotopic (exact) mass is 263 g/mol. The lowest BCUT2D eigenvalue weighted by Crippen LogP contribution is -3.11. The molecule has 1 aliphatic rings. The van der Waals surface area contributed by atoms with E-state index in [4.69, 9.17) is 10.5 Å². The smallest absolute Gasteiger partial charge is 0.220 e. The van der Waals surface area contributed by atoms with Crippen molar-refractivity contribution in [1.29, 1.82) is 0 Å². The van der Waals surface area contributed by atoms with E-state index in [0.29, 0.717) is 0 Å². The van der Waals surface area contributed by atoms with Gasteiger partial charge in [-0.1, -0.05) is 0 Å². The lowest BCUT2D eigenvalue weighted by Gasteiger charge is -2.27. The summed E-state index contributed by atoms with van der Waals surface area (Å²) >= 11 is 0. The fourth-order valence-electron chi connectivity index (χ4n) is 2.83. The van der Waals surface area contributed by atoms with Gasteiger partial charge in [0.15, 0.2) is 0 Å². The molecule has 3 N–H and O–H groups in total. The maximum Gasteiger partial charge on any atom is 0.220 e. The molecular weight excluding hydrogens is 240 g/mol. The molecule has 2 rings (SSSR count). The average molecular weight is 263 g/mol. The number of likely N-dealkylation sites (tertiary alicyclic amines) is 1. The van der Waals surface area contributed by atoms with Crippen molar-refractivity contribution in [2.75, 3.05) is 20.2 Å². The molecule has 1 amide bonds. The highest BCUT2D eigenvalue weighted by Crippen LogP contribution is 2.18. The summed E-state index contributed by atoms with van der Waals surface area (Å²) < 4.78 is 5.27. The molecule has 1 heterocycles. The Kier molecular flexibility index (Phi) is 4.43. The number of hydrogen-bond donors (Lipinski definition) is 2. The number of hydrogen-bond acceptors (Lipinski definition) is 2. The molecule has 4 nitrogen and oxygen atoms in total. The molecule has 0 radical (unpaired) electrons. The number of nitrogens with two attached hydrogens (primary N) is 1. The zero-order chi connectivity index (χ0) is 13.8. The molecule has 1 saturated heterocycles. The fraction of sp³-hybridized carbons (Fsp3) is 0.533. The second-order valence-corrected chi connectivity index (χ2v) is 5.41. The fourth-order valence-corrected chi connectivity index (χ4v) is 2.83. The van der Waals surface area contributed by atoms with Crippen LogP contribution in [0.3, 0.4) is 0 Å². The standard InChI is InChI=1S/C15H22N2O2/c1-11-9-12(3-4-14(11)19-2)10-17-7-5-13(6-8-17)15(16)18/h3-4,9,13H,5-8,10H2,1-2H3,(H2,16,18)/p+1. The van der Waals surface area contributed by atoms with E-state index in [1.807, 2.05) is 6.07 Å². The van der Waals surface area contributed by atoms with Gasteiger partial charge in [0.2, 0.25) is 5.91 Å². The van der Waals surface area contributed by atoms with Crippen molar-refractivity contribution in [3.8, 4) is 5.75 Å². The van der Waals surface area contributed by atoms with Crippen LogP contribution in [0.4, 0.5) is 0 Å². The van der Waals surface area contributed by atoms with Gasteiger partial charge in [0.25, 0.3) is 0 Å². The maximum absolute atomic E-state index is 11.1. The minimum atomic E-state index is -0.139. The number of primary amides is 1. The second kappa shape index (κ2) is 6.06. The maximum atomic E-state index is 11.1. The normalized spacial score (nSPS) is 23.1. The van der Waals surface area contributed by atoms with Crippen LogP contribution in [-0.4, -0.2) is 26.1 Å². The highest BCUT2D eigenvalue weighted by Gasteiger charge is 2.25. The largest absolute Gasteiger partial charge is 0.496 e. The van der Waals surface area contributed by atoms with Crippen molar-refractivity contribution in [2.24, 2.45) is 11.7 Å². The molecule has 1 aromatic rings. The summed E-state index contributed by atoms with van der Waals surface area (Å²) in [7, 11) is 1.70. The molecule has 4 heteroatoms. The van der Waals surface area contributed by atoms with Crippen molar-refractivity contribution in [2.45, 2.75) is 26.3 Å². The minimum Gasteiger partial charge on any atom is -0.496 e. The number of amides is 1. The summed E-state index contributed by atoms with van der Waals surface area (Å²) in [5.41, 5.74) is 7.85. The summed E-state index contributed by atoms with van der Waals surface area (Å²) in [5.74, 6) is 0.881. The number of nitrogens with one attached hydrogen (secondary N) is 1. The summed E-state index contributed by atoms with van der Waals surface area (Å²) in [5, 5.41) is 0. The Morgan fingerprint density at radius 3 is 2.63 bits per heavy atom. The number of quaternary nitrogens is 1. The molecule has 0 aliphatic carbocycles. The SMILES string of the molecule is COc1ccc(C[NH+]2CCC(C(N)=O)CC2)cc1C.